The third-order valence-electron chi connectivity index (χ3n) is 0.674. The summed E-state index contributed by atoms with van der Waals surface area (Å²) in [7, 11) is -5.06. The number of hydrogen-bond acceptors (Lipinski definition) is 7. The number of nitro groups is 1. The van der Waals surface area contributed by atoms with E-state index in [1.807, 2.05) is 4.91 Å². The SMILES string of the molecule is N#CNN(N=[N+]=[N-])S(=O)(=O)[N+](=O)[O-]. The van der Waals surface area contributed by atoms with E-state index in [1.54, 1.807) is 0 Å². The van der Waals surface area contributed by atoms with Gasteiger partial charge in [-0.2, -0.15) is 10.2 Å². The number of nitrogens with zero attached hydrogens (tertiary/aromatic N) is 6. The van der Waals surface area contributed by atoms with E-state index in [2.05, 4.69) is 5.22 Å². The molecule has 0 aromatic heterocycles. The van der Waals surface area contributed by atoms with Gasteiger partial charge in [0.2, 0.25) is 6.19 Å². The lowest BCUT2D eigenvalue weighted by molar-refractivity contribution is -0.313. The molecule has 0 amide bonds. The van der Waals surface area contributed by atoms with Gasteiger partial charge in [0.15, 0.2) is 4.33 Å². The molecule has 0 aliphatic carbocycles. The number of azide groups is 1. The quantitative estimate of drug-likeness (QED) is 0.118. The molecule has 0 spiro atoms. The third-order valence-corrected chi connectivity index (χ3v) is 1.65. The molecule has 0 bridgehead atoms. The second-order valence-corrected chi connectivity index (χ2v) is 2.89. The highest BCUT2D eigenvalue weighted by Crippen LogP contribution is 1.98. The maximum absolute atomic E-state index is 10.6. The summed E-state index contributed by atoms with van der Waals surface area (Å²) >= 11 is 0. The van der Waals surface area contributed by atoms with Crippen molar-refractivity contribution in [1.82, 2.24) is 9.95 Å². The van der Waals surface area contributed by atoms with Crippen LogP contribution in [0.3, 0.4) is 0 Å². The zero-order chi connectivity index (χ0) is 10.5. The summed E-state index contributed by atoms with van der Waals surface area (Å²) in [5, 5.41) is 20.1. The van der Waals surface area contributed by atoms with Crippen LogP contribution in [0.2, 0.25) is 0 Å². The number of rotatable bonds is 4. The van der Waals surface area contributed by atoms with Gasteiger partial charge in [0.05, 0.1) is 0 Å². The third kappa shape index (κ3) is 2.36. The molecule has 0 unspecified atom stereocenters. The van der Waals surface area contributed by atoms with Crippen molar-refractivity contribution >= 4 is 10.2 Å². The average Bonchev–Trinajstić information content (AvgIpc) is 2.03. The molecule has 0 heterocycles. The van der Waals surface area contributed by atoms with Crippen LogP contribution >= 0.6 is 0 Å². The van der Waals surface area contributed by atoms with Gasteiger partial charge in [-0.05, 0) is 0 Å². The van der Waals surface area contributed by atoms with Crippen molar-refractivity contribution in [1.29, 1.82) is 5.26 Å². The molecule has 0 aromatic carbocycles. The molecule has 13 heavy (non-hydrogen) atoms. The van der Waals surface area contributed by atoms with E-state index in [1.165, 1.54) is 5.43 Å². The molecular formula is CHN7O4S. The topological polar surface area (TPSA) is 165 Å². The molecule has 12 heteroatoms. The summed E-state index contributed by atoms with van der Waals surface area (Å²) in [6.45, 7) is 0. The Labute approximate surface area is 71.1 Å². The summed E-state index contributed by atoms with van der Waals surface area (Å²) in [4.78, 5) is 11.8. The second-order valence-electron chi connectivity index (χ2n) is 1.35. The van der Waals surface area contributed by atoms with E-state index >= 15 is 0 Å². The van der Waals surface area contributed by atoms with Crippen molar-refractivity contribution < 1.29 is 12.7 Å². The Kier molecular flexibility index (Phi) is 3.26. The van der Waals surface area contributed by atoms with Crippen LogP contribution in [-0.2, 0) is 10.2 Å². The highest BCUT2D eigenvalue weighted by atomic mass is 32.2. The normalized spacial score (nSPS) is 9.15. The number of hydrazine groups is 1. The number of hydrogen-bond donors (Lipinski definition) is 1. The van der Waals surface area contributed by atoms with Gasteiger partial charge in [0.25, 0.3) is 0 Å². The van der Waals surface area contributed by atoms with Crippen LogP contribution in [0, 0.1) is 21.6 Å². The first-order valence-electron chi connectivity index (χ1n) is 2.36. The maximum Gasteiger partial charge on any atom is 0.625 e. The van der Waals surface area contributed by atoms with E-state index in [0.717, 1.165) is 6.19 Å². The van der Waals surface area contributed by atoms with E-state index in [-0.39, 0.29) is 0 Å². The van der Waals surface area contributed by atoms with Gasteiger partial charge >= 0.3 is 10.2 Å². The smallest absolute Gasteiger partial charge is 0.244 e. The fraction of sp³-hybridized carbons (Fsp3) is 0. The molecule has 0 rings (SSSR count). The van der Waals surface area contributed by atoms with Crippen LogP contribution in [0.15, 0.2) is 5.22 Å². The summed E-state index contributed by atoms with van der Waals surface area (Å²) in [5.41, 5.74) is 9.08. The van der Waals surface area contributed by atoms with E-state index in [4.69, 9.17) is 10.8 Å². The summed E-state index contributed by atoms with van der Waals surface area (Å²) in [6, 6.07) is 0. The van der Waals surface area contributed by atoms with Gasteiger partial charge in [-0.15, -0.1) is 19.4 Å². The highest BCUT2D eigenvalue weighted by molar-refractivity contribution is 7.82. The second kappa shape index (κ2) is 3.95. The Bertz CT molecular complexity index is 383. The molecule has 0 saturated carbocycles. The number of nitrogens with one attached hydrogen (secondary N) is 1. The van der Waals surface area contributed by atoms with Gasteiger partial charge in [-0.3, -0.25) is 0 Å². The van der Waals surface area contributed by atoms with Crippen LogP contribution in [0.25, 0.3) is 10.4 Å². The van der Waals surface area contributed by atoms with Crippen LogP contribution < -0.4 is 5.43 Å². The predicted octanol–water partition coefficient (Wildman–Crippen LogP) is -0.979. The molecular weight excluding hydrogens is 206 g/mol. The molecule has 1 N–H and O–H groups in total. The Morgan fingerprint density at radius 1 is 1.77 bits per heavy atom. The van der Waals surface area contributed by atoms with Crippen molar-refractivity contribution in [3.8, 4) is 6.19 Å². The highest BCUT2D eigenvalue weighted by Gasteiger charge is 2.38. The molecule has 0 aliphatic heterocycles. The van der Waals surface area contributed by atoms with E-state index < -0.39 is 19.1 Å². The van der Waals surface area contributed by atoms with Crippen LogP contribution in [0.1, 0.15) is 0 Å². The van der Waals surface area contributed by atoms with Crippen LogP contribution in [-0.4, -0.2) is 17.3 Å². The average molecular weight is 207 g/mol. The Balaban J connectivity index is 5.09. The van der Waals surface area contributed by atoms with Gasteiger partial charge < -0.3 is 0 Å². The van der Waals surface area contributed by atoms with Gasteiger partial charge in [-0.1, -0.05) is 0 Å². The minimum Gasteiger partial charge on any atom is -0.244 e. The zero-order valence-corrected chi connectivity index (χ0v) is 6.54. The van der Waals surface area contributed by atoms with Crippen molar-refractivity contribution in [2.45, 2.75) is 0 Å². The molecule has 0 atom stereocenters. The first kappa shape index (κ1) is 10.8. The van der Waals surface area contributed by atoms with Crippen molar-refractivity contribution in [3.63, 3.8) is 0 Å². The molecule has 0 radical (unpaired) electrons. The fourth-order valence-electron chi connectivity index (χ4n) is 0.268. The first-order chi connectivity index (χ1) is 5.96. The van der Waals surface area contributed by atoms with Crippen LogP contribution in [0.4, 0.5) is 0 Å². The lowest BCUT2D eigenvalue weighted by Gasteiger charge is -2.00. The lowest BCUT2D eigenvalue weighted by Crippen LogP contribution is -2.39. The predicted molar refractivity (Wildman–Crippen MR) is 35.6 cm³/mol. The monoisotopic (exact) mass is 207 g/mol. The minimum absolute atomic E-state index is 0.507. The fourth-order valence-corrected chi connectivity index (χ4v) is 0.676. The van der Waals surface area contributed by atoms with E-state index in [9.17, 15) is 18.5 Å². The molecule has 70 valence electrons. The van der Waals surface area contributed by atoms with Gasteiger partial charge in [0.1, 0.15) is 0 Å². The van der Waals surface area contributed by atoms with Crippen molar-refractivity contribution in [2.75, 3.05) is 0 Å². The zero-order valence-electron chi connectivity index (χ0n) is 5.72. The molecule has 0 aliphatic rings. The Hall–Kier alpha value is -2.25. The van der Waals surface area contributed by atoms with Crippen LogP contribution in [0.5, 0.6) is 0 Å². The first-order valence-corrected chi connectivity index (χ1v) is 3.76. The molecule has 0 fully saturated rings. The standard InChI is InChI=1S/CHN7O4S/c2-1-4-7(6-5-3)13(11,12)8(9)10/h4H. The minimum atomic E-state index is -5.06. The lowest BCUT2D eigenvalue weighted by atomic mass is 11.4. The summed E-state index contributed by atoms with van der Waals surface area (Å²) in [5.74, 6) is 0. The Morgan fingerprint density at radius 3 is 2.62 bits per heavy atom. The molecule has 0 aromatic rings. The maximum atomic E-state index is 10.6. The molecule has 11 nitrogen and oxygen atoms in total. The largest absolute Gasteiger partial charge is 0.625 e. The molecule has 0 saturated heterocycles. The summed E-state index contributed by atoms with van der Waals surface area (Å²) in [6.07, 6.45) is 1.04. The summed E-state index contributed by atoms with van der Waals surface area (Å²) < 4.78 is 18.9. The Morgan fingerprint density at radius 2 is 2.31 bits per heavy atom. The van der Waals surface area contributed by atoms with E-state index in [0.29, 0.717) is 0 Å². The van der Waals surface area contributed by atoms with Gasteiger partial charge in [0, 0.05) is 9.75 Å². The van der Waals surface area contributed by atoms with Crippen molar-refractivity contribution in [2.24, 2.45) is 5.22 Å². The van der Waals surface area contributed by atoms with Crippen molar-refractivity contribution in [3.05, 3.63) is 20.6 Å². The number of nitriles is 1. The van der Waals surface area contributed by atoms with Gasteiger partial charge in [-0.25, -0.2) is 10.1 Å².